The lowest BCUT2D eigenvalue weighted by atomic mass is 10.00. The molecule has 0 saturated carbocycles. The monoisotopic (exact) mass is 516 g/mol. The van der Waals surface area contributed by atoms with E-state index >= 15 is 0 Å². The van der Waals surface area contributed by atoms with E-state index in [1.54, 1.807) is 18.2 Å². The molecule has 0 radical (unpaired) electrons. The fourth-order valence-electron chi connectivity index (χ4n) is 4.89. The van der Waals surface area contributed by atoms with Crippen molar-refractivity contribution >= 4 is 15.9 Å². The van der Waals surface area contributed by atoms with Crippen molar-refractivity contribution in [2.75, 3.05) is 52.9 Å². The van der Waals surface area contributed by atoms with Gasteiger partial charge < -0.3 is 20.1 Å². The first-order valence-corrected chi connectivity index (χ1v) is 13.8. The molecule has 1 fully saturated rings. The smallest absolute Gasteiger partial charge is 0.258 e. The van der Waals surface area contributed by atoms with E-state index in [-0.39, 0.29) is 29.8 Å². The summed E-state index contributed by atoms with van der Waals surface area (Å²) >= 11 is 0. The van der Waals surface area contributed by atoms with Crippen LogP contribution in [-0.4, -0.2) is 98.6 Å². The lowest BCUT2D eigenvalue weighted by Crippen LogP contribution is -2.52. The Balaban J connectivity index is 1.27. The lowest BCUT2D eigenvalue weighted by Gasteiger charge is -2.37. The fourth-order valence-corrected chi connectivity index (χ4v) is 6.63. The number of nitrogens with zero attached hydrogens (tertiary/aromatic N) is 3. The number of aliphatic hydroxyl groups is 1. The summed E-state index contributed by atoms with van der Waals surface area (Å²) in [6, 6.07) is 14.5. The van der Waals surface area contributed by atoms with Crippen LogP contribution in [0.3, 0.4) is 0 Å². The van der Waals surface area contributed by atoms with Gasteiger partial charge in [-0.2, -0.15) is 4.31 Å². The van der Waals surface area contributed by atoms with E-state index in [4.69, 9.17) is 4.74 Å². The Hall–Kier alpha value is -2.50. The molecule has 9 nitrogen and oxygen atoms in total. The summed E-state index contributed by atoms with van der Waals surface area (Å²) in [5.41, 5.74) is 2.62. The number of carbonyl (C=O) groups is 1. The Labute approximate surface area is 213 Å². The van der Waals surface area contributed by atoms with Crippen LogP contribution in [-0.2, 0) is 27.8 Å². The second-order valence-electron chi connectivity index (χ2n) is 9.67. The van der Waals surface area contributed by atoms with Crippen molar-refractivity contribution in [3.05, 3.63) is 59.7 Å². The number of carbonyl (C=O) groups excluding carboxylic acids is 1. The molecule has 4 rings (SSSR count). The fraction of sp³-hybridized carbons (Fsp3) is 0.500. The number of aliphatic hydroxyl groups excluding tert-OH is 1. The second kappa shape index (κ2) is 11.7. The topological polar surface area (TPSA) is 102 Å². The summed E-state index contributed by atoms with van der Waals surface area (Å²) < 4.78 is 33.8. The highest BCUT2D eigenvalue weighted by Gasteiger charge is 2.34. The highest BCUT2D eigenvalue weighted by atomic mass is 32.2. The normalized spacial score (nSPS) is 20.5. The third-order valence-corrected chi connectivity index (χ3v) is 8.83. The van der Waals surface area contributed by atoms with E-state index < -0.39 is 22.0 Å². The van der Waals surface area contributed by atoms with Crippen molar-refractivity contribution in [1.29, 1.82) is 0 Å². The molecule has 0 spiro atoms. The number of sulfonamides is 1. The maximum atomic E-state index is 13.3. The molecule has 2 heterocycles. The summed E-state index contributed by atoms with van der Waals surface area (Å²) in [7, 11) is -1.80. The number of β-amino-alcohol motifs (C(OH)–C–C–N with tert-alkyl or cyclic N) is 1. The van der Waals surface area contributed by atoms with Gasteiger partial charge in [-0.05, 0) is 43.7 Å². The van der Waals surface area contributed by atoms with Crippen molar-refractivity contribution in [2.45, 2.75) is 36.9 Å². The van der Waals surface area contributed by atoms with Crippen LogP contribution >= 0.6 is 0 Å². The van der Waals surface area contributed by atoms with Gasteiger partial charge in [-0.15, -0.1) is 0 Å². The Bertz CT molecular complexity index is 1160. The van der Waals surface area contributed by atoms with Crippen LogP contribution in [0.25, 0.3) is 0 Å². The Morgan fingerprint density at radius 2 is 1.83 bits per heavy atom. The van der Waals surface area contributed by atoms with Gasteiger partial charge in [0.05, 0.1) is 6.10 Å². The molecule has 10 heteroatoms. The first-order valence-electron chi connectivity index (χ1n) is 12.4. The maximum absolute atomic E-state index is 13.3. The quantitative estimate of drug-likeness (QED) is 0.511. The predicted octanol–water partition coefficient (Wildman–Crippen LogP) is 0.925. The van der Waals surface area contributed by atoms with Crippen LogP contribution < -0.4 is 10.1 Å². The molecule has 0 bridgehead atoms. The van der Waals surface area contributed by atoms with Crippen LogP contribution in [0.1, 0.15) is 18.1 Å². The predicted molar refractivity (Wildman–Crippen MR) is 137 cm³/mol. The number of benzene rings is 2. The zero-order valence-corrected chi connectivity index (χ0v) is 21.8. The van der Waals surface area contributed by atoms with Crippen molar-refractivity contribution < 1.29 is 23.1 Å². The molecule has 2 aliphatic heterocycles. The molecule has 1 unspecified atom stereocenters. The van der Waals surface area contributed by atoms with Crippen molar-refractivity contribution in [3.8, 4) is 5.75 Å². The molecule has 36 heavy (non-hydrogen) atoms. The molecule has 1 saturated heterocycles. The third kappa shape index (κ3) is 6.43. The van der Waals surface area contributed by atoms with Crippen LogP contribution in [0.2, 0.25) is 0 Å². The Morgan fingerprint density at radius 1 is 1.11 bits per heavy atom. The number of para-hydroxylation sites is 1. The largest absolute Gasteiger partial charge is 0.482 e. The minimum absolute atomic E-state index is 0.0552. The second-order valence-corrected chi connectivity index (χ2v) is 11.5. The highest BCUT2D eigenvalue weighted by molar-refractivity contribution is 7.89. The number of hydrogen-bond donors (Lipinski definition) is 2. The van der Waals surface area contributed by atoms with E-state index in [0.717, 1.165) is 19.5 Å². The van der Waals surface area contributed by atoms with E-state index in [0.29, 0.717) is 26.2 Å². The zero-order chi connectivity index (χ0) is 25.7. The van der Waals surface area contributed by atoms with Gasteiger partial charge in [0.15, 0.2) is 6.61 Å². The maximum Gasteiger partial charge on any atom is 0.258 e. The van der Waals surface area contributed by atoms with E-state index in [2.05, 4.69) is 27.2 Å². The number of nitrogens with one attached hydrogen (secondary N) is 1. The zero-order valence-electron chi connectivity index (χ0n) is 21.0. The van der Waals surface area contributed by atoms with Crippen LogP contribution in [0.15, 0.2) is 53.4 Å². The van der Waals surface area contributed by atoms with E-state index in [9.17, 15) is 18.3 Å². The molecule has 0 aromatic heterocycles. The molecule has 2 aliphatic rings. The number of piperazine rings is 1. The van der Waals surface area contributed by atoms with Gasteiger partial charge in [0.1, 0.15) is 10.6 Å². The third-order valence-electron chi connectivity index (χ3n) is 6.78. The average Bonchev–Trinajstić information content (AvgIpc) is 2.86. The van der Waals surface area contributed by atoms with Crippen molar-refractivity contribution in [3.63, 3.8) is 0 Å². The van der Waals surface area contributed by atoms with Gasteiger partial charge in [0, 0.05) is 51.9 Å². The van der Waals surface area contributed by atoms with Gasteiger partial charge in [-0.25, -0.2) is 8.42 Å². The molecule has 196 valence electrons. The number of rotatable bonds is 9. The first-order chi connectivity index (χ1) is 17.2. The molecule has 2 aromatic carbocycles. The van der Waals surface area contributed by atoms with Gasteiger partial charge in [0.25, 0.3) is 5.91 Å². The summed E-state index contributed by atoms with van der Waals surface area (Å²) in [6.45, 7) is 5.45. The molecule has 0 aliphatic carbocycles. The number of ether oxygens (including phenoxy) is 1. The number of hydrogen-bond acceptors (Lipinski definition) is 7. The SMILES string of the molecule is CC1CN(C)CCN1S(=O)(=O)c1ccccc1OCC(=O)NC[C@@H](O)CN1CCc2ccccc2C1. The van der Waals surface area contributed by atoms with Crippen LogP contribution in [0, 0.1) is 0 Å². The lowest BCUT2D eigenvalue weighted by molar-refractivity contribution is -0.123. The van der Waals surface area contributed by atoms with Crippen molar-refractivity contribution in [1.82, 2.24) is 19.4 Å². The summed E-state index contributed by atoms with van der Waals surface area (Å²) in [6.07, 6.45) is 0.226. The standard InChI is InChI=1S/C26H36N4O5S/c1-20-16-28(2)13-14-30(20)36(33,34)25-10-6-5-9-24(25)35-19-26(32)27-15-23(31)18-29-12-11-21-7-3-4-8-22(21)17-29/h3-10,20,23,31H,11-19H2,1-2H3,(H,27,32)/t20?,23-/m1/s1. The molecule has 2 aromatic rings. The van der Waals surface area contributed by atoms with Gasteiger partial charge in [-0.3, -0.25) is 9.69 Å². The van der Waals surface area contributed by atoms with Gasteiger partial charge >= 0.3 is 0 Å². The Kier molecular flexibility index (Phi) is 8.63. The minimum Gasteiger partial charge on any atom is -0.482 e. The molecular weight excluding hydrogens is 480 g/mol. The summed E-state index contributed by atoms with van der Waals surface area (Å²) in [5, 5.41) is 13.1. The molecular formula is C26H36N4O5S. The minimum atomic E-state index is -3.77. The van der Waals surface area contributed by atoms with Gasteiger partial charge in [-0.1, -0.05) is 36.4 Å². The van der Waals surface area contributed by atoms with Crippen LogP contribution in [0.4, 0.5) is 0 Å². The molecule has 2 N–H and O–H groups in total. The van der Waals surface area contributed by atoms with Crippen LogP contribution in [0.5, 0.6) is 5.75 Å². The van der Waals surface area contributed by atoms with Crippen molar-refractivity contribution in [2.24, 2.45) is 0 Å². The number of likely N-dealkylation sites (N-methyl/N-ethyl adjacent to an activating group) is 1. The summed E-state index contributed by atoms with van der Waals surface area (Å²) in [5.74, 6) is -0.274. The Morgan fingerprint density at radius 3 is 2.61 bits per heavy atom. The van der Waals surface area contributed by atoms with E-state index in [1.165, 1.54) is 21.5 Å². The highest BCUT2D eigenvalue weighted by Crippen LogP contribution is 2.29. The van der Waals surface area contributed by atoms with Gasteiger partial charge in [0.2, 0.25) is 10.0 Å². The number of fused-ring (bicyclic) bond motifs is 1. The molecule has 2 atom stereocenters. The summed E-state index contributed by atoms with van der Waals surface area (Å²) in [4.78, 5) is 16.7. The van der Waals surface area contributed by atoms with E-state index in [1.807, 2.05) is 26.1 Å². The molecule has 1 amide bonds. The average molecular weight is 517 g/mol. The first kappa shape index (κ1) is 26.6. The number of amides is 1.